The molecule has 2 rings (SSSR count). The zero-order valence-electron chi connectivity index (χ0n) is 11.4. The number of carbonyl (C=O) groups is 2. The van der Waals surface area contributed by atoms with E-state index in [-0.39, 0.29) is 6.42 Å². The van der Waals surface area contributed by atoms with Crippen molar-refractivity contribution in [1.82, 2.24) is 15.3 Å². The number of nitrogens with one attached hydrogen (secondary N) is 2. The number of aliphatic hydroxyl groups excluding tert-OH is 1. The Morgan fingerprint density at radius 2 is 2.10 bits per heavy atom. The van der Waals surface area contributed by atoms with Gasteiger partial charge in [0.15, 0.2) is 0 Å². The Kier molecular flexibility index (Phi) is 5.22. The monoisotopic (exact) mass is 287 g/mol. The molecule has 1 amide bonds. The van der Waals surface area contributed by atoms with E-state index in [1.807, 2.05) is 30.3 Å². The van der Waals surface area contributed by atoms with Gasteiger partial charge in [-0.3, -0.25) is 4.79 Å². The van der Waals surface area contributed by atoms with Crippen molar-refractivity contribution in [2.75, 3.05) is 0 Å². The van der Waals surface area contributed by atoms with Crippen molar-refractivity contribution in [3.8, 4) is 0 Å². The molecule has 2 atom stereocenters. The molecule has 0 bridgehead atoms. The van der Waals surface area contributed by atoms with Crippen LogP contribution < -0.4 is 5.32 Å². The van der Waals surface area contributed by atoms with E-state index in [2.05, 4.69) is 15.3 Å². The number of rotatable bonds is 7. The zero-order valence-corrected chi connectivity index (χ0v) is 11.4. The van der Waals surface area contributed by atoms with Crippen molar-refractivity contribution in [2.24, 2.45) is 0 Å². The molecule has 1 unspecified atom stereocenters. The lowest BCUT2D eigenvalue weighted by Crippen LogP contribution is -2.44. The first-order valence-corrected chi connectivity index (χ1v) is 6.64. The largest absolute Gasteiger partial charge is 0.383 e. The molecule has 2 aromatic rings. The summed E-state index contributed by atoms with van der Waals surface area (Å²) in [5.41, 5.74) is 1.60. The highest BCUT2D eigenvalue weighted by Crippen LogP contribution is 2.04. The van der Waals surface area contributed by atoms with Gasteiger partial charge in [-0.25, -0.2) is 4.98 Å². The second-order valence-electron chi connectivity index (χ2n) is 4.74. The summed E-state index contributed by atoms with van der Waals surface area (Å²) in [5.74, 6) is -0.560. The van der Waals surface area contributed by atoms with Gasteiger partial charge in [0.05, 0.1) is 12.4 Å². The fraction of sp³-hybridized carbons (Fsp3) is 0.267. The van der Waals surface area contributed by atoms with E-state index >= 15 is 0 Å². The highest BCUT2D eigenvalue weighted by Gasteiger charge is 2.19. The fourth-order valence-electron chi connectivity index (χ4n) is 1.98. The van der Waals surface area contributed by atoms with Crippen LogP contribution in [0.2, 0.25) is 0 Å². The molecule has 0 saturated carbocycles. The summed E-state index contributed by atoms with van der Waals surface area (Å²) in [4.78, 5) is 29.6. The van der Waals surface area contributed by atoms with Crippen LogP contribution >= 0.6 is 0 Å². The van der Waals surface area contributed by atoms with Gasteiger partial charge in [-0.15, -0.1) is 0 Å². The Labute approximate surface area is 122 Å². The Morgan fingerprint density at radius 1 is 1.33 bits per heavy atom. The number of aldehydes is 1. The van der Waals surface area contributed by atoms with Gasteiger partial charge in [0.1, 0.15) is 12.4 Å². The predicted molar refractivity (Wildman–Crippen MR) is 76.4 cm³/mol. The molecular weight excluding hydrogens is 270 g/mol. The number of hydrogen-bond donors (Lipinski definition) is 3. The third-order valence-electron chi connectivity index (χ3n) is 3.06. The third-order valence-corrected chi connectivity index (χ3v) is 3.06. The molecule has 0 aliphatic heterocycles. The summed E-state index contributed by atoms with van der Waals surface area (Å²) >= 11 is 0. The molecule has 6 heteroatoms. The summed E-state index contributed by atoms with van der Waals surface area (Å²) in [6, 6.07) is 8.52. The van der Waals surface area contributed by atoms with Crippen molar-refractivity contribution in [3.63, 3.8) is 0 Å². The van der Waals surface area contributed by atoms with Gasteiger partial charge in [-0.2, -0.15) is 0 Å². The summed E-state index contributed by atoms with van der Waals surface area (Å²) in [6.45, 7) is 0. The van der Waals surface area contributed by atoms with E-state index in [1.165, 1.54) is 6.33 Å². The van der Waals surface area contributed by atoms with E-state index in [1.54, 1.807) is 6.20 Å². The van der Waals surface area contributed by atoms with E-state index in [4.69, 9.17) is 0 Å². The lowest BCUT2D eigenvalue weighted by Gasteiger charge is -2.15. The Bertz CT molecular complexity index is 569. The summed E-state index contributed by atoms with van der Waals surface area (Å²) in [5, 5.41) is 12.4. The smallest absolute Gasteiger partial charge is 0.249 e. The van der Waals surface area contributed by atoms with Gasteiger partial charge in [-0.1, -0.05) is 30.3 Å². The molecule has 0 aliphatic carbocycles. The molecule has 0 fully saturated rings. The van der Waals surface area contributed by atoms with Crippen molar-refractivity contribution >= 4 is 12.2 Å². The SMILES string of the molecule is O=C[C@H](Cc1cnc[nH]1)NC(=O)C(O)Cc1ccccc1. The number of nitrogens with zero attached hydrogens (tertiary/aromatic N) is 1. The van der Waals surface area contributed by atoms with Gasteiger partial charge in [0.25, 0.3) is 0 Å². The fourth-order valence-corrected chi connectivity index (χ4v) is 1.98. The number of imidazole rings is 1. The maximum absolute atomic E-state index is 11.9. The van der Waals surface area contributed by atoms with Crippen LogP contribution in [0.15, 0.2) is 42.9 Å². The predicted octanol–water partition coefficient (Wildman–Crippen LogP) is 0.240. The standard InChI is InChI=1S/C15H17N3O3/c19-9-13(7-12-8-16-10-17-12)18-15(21)14(20)6-11-4-2-1-3-5-11/h1-5,8-10,13-14,20H,6-7H2,(H,16,17)(H,18,21)/t13-,14?/m0/s1. The first-order chi connectivity index (χ1) is 10.2. The minimum atomic E-state index is -1.18. The molecule has 110 valence electrons. The van der Waals surface area contributed by atoms with Crippen LogP contribution in [0.25, 0.3) is 0 Å². The first-order valence-electron chi connectivity index (χ1n) is 6.64. The van der Waals surface area contributed by atoms with E-state index in [9.17, 15) is 14.7 Å². The second kappa shape index (κ2) is 7.35. The van der Waals surface area contributed by atoms with E-state index in [0.717, 1.165) is 11.3 Å². The number of aromatic nitrogens is 2. The average molecular weight is 287 g/mol. The quantitative estimate of drug-likeness (QED) is 0.636. The molecule has 0 radical (unpaired) electrons. The molecule has 21 heavy (non-hydrogen) atoms. The van der Waals surface area contributed by atoms with Crippen molar-refractivity contribution in [3.05, 3.63) is 54.1 Å². The van der Waals surface area contributed by atoms with Crippen LogP contribution in [-0.2, 0) is 22.4 Å². The summed E-state index contributed by atoms with van der Waals surface area (Å²) in [6.07, 6.45) is 3.08. The highest BCUT2D eigenvalue weighted by molar-refractivity contribution is 5.83. The van der Waals surface area contributed by atoms with Crippen LogP contribution in [0.5, 0.6) is 0 Å². The van der Waals surface area contributed by atoms with Crippen LogP contribution in [0.1, 0.15) is 11.3 Å². The third kappa shape index (κ3) is 4.54. The molecule has 0 aliphatic rings. The average Bonchev–Trinajstić information content (AvgIpc) is 3.00. The Morgan fingerprint density at radius 3 is 2.71 bits per heavy atom. The normalized spacial score (nSPS) is 13.4. The molecule has 6 nitrogen and oxygen atoms in total. The van der Waals surface area contributed by atoms with E-state index < -0.39 is 18.1 Å². The maximum atomic E-state index is 11.9. The van der Waals surface area contributed by atoms with Crippen LogP contribution in [0, 0.1) is 0 Å². The summed E-state index contributed by atoms with van der Waals surface area (Å²) in [7, 11) is 0. The van der Waals surface area contributed by atoms with Crippen molar-refractivity contribution in [1.29, 1.82) is 0 Å². The van der Waals surface area contributed by atoms with Gasteiger partial charge < -0.3 is 20.2 Å². The molecule has 0 saturated heterocycles. The zero-order chi connectivity index (χ0) is 15.1. The lowest BCUT2D eigenvalue weighted by atomic mass is 10.1. The van der Waals surface area contributed by atoms with Gasteiger partial charge >= 0.3 is 0 Å². The van der Waals surface area contributed by atoms with E-state index in [0.29, 0.717) is 12.7 Å². The minimum absolute atomic E-state index is 0.211. The number of aromatic amines is 1. The van der Waals surface area contributed by atoms with Crippen LogP contribution in [0.4, 0.5) is 0 Å². The lowest BCUT2D eigenvalue weighted by molar-refractivity contribution is -0.131. The first kappa shape index (κ1) is 14.9. The van der Waals surface area contributed by atoms with Crippen LogP contribution in [0.3, 0.4) is 0 Å². The topological polar surface area (TPSA) is 95.1 Å². The Hall–Kier alpha value is -2.47. The van der Waals surface area contributed by atoms with Crippen LogP contribution in [-0.4, -0.2) is 39.4 Å². The summed E-state index contributed by atoms with van der Waals surface area (Å²) < 4.78 is 0. The number of carbonyl (C=O) groups excluding carboxylic acids is 2. The number of hydrogen-bond acceptors (Lipinski definition) is 4. The molecule has 1 heterocycles. The van der Waals surface area contributed by atoms with Crippen molar-refractivity contribution < 1.29 is 14.7 Å². The molecule has 1 aromatic heterocycles. The molecule has 0 spiro atoms. The second-order valence-corrected chi connectivity index (χ2v) is 4.74. The number of H-pyrrole nitrogens is 1. The minimum Gasteiger partial charge on any atom is -0.383 e. The van der Waals surface area contributed by atoms with Crippen molar-refractivity contribution in [2.45, 2.75) is 25.0 Å². The molecule has 3 N–H and O–H groups in total. The van der Waals surface area contributed by atoms with Gasteiger partial charge in [0, 0.05) is 24.7 Å². The number of benzene rings is 1. The highest BCUT2D eigenvalue weighted by atomic mass is 16.3. The number of aliphatic hydroxyl groups is 1. The molecular formula is C15H17N3O3. The van der Waals surface area contributed by atoms with Gasteiger partial charge in [0.2, 0.25) is 5.91 Å². The van der Waals surface area contributed by atoms with Gasteiger partial charge in [-0.05, 0) is 5.56 Å². The maximum Gasteiger partial charge on any atom is 0.249 e. The molecule has 1 aromatic carbocycles. The Balaban J connectivity index is 1.88. The number of amides is 1.